The van der Waals surface area contributed by atoms with E-state index in [4.69, 9.17) is 31.2 Å². The van der Waals surface area contributed by atoms with Crippen molar-refractivity contribution in [1.82, 2.24) is 14.9 Å². The first-order valence-corrected chi connectivity index (χ1v) is 9.16. The van der Waals surface area contributed by atoms with Gasteiger partial charge in [0.1, 0.15) is 23.9 Å². The summed E-state index contributed by atoms with van der Waals surface area (Å²) in [4.78, 5) is 0. The Morgan fingerprint density at radius 3 is 2.45 bits per heavy atom. The monoisotopic (exact) mass is 414 g/mol. The van der Waals surface area contributed by atoms with Crippen molar-refractivity contribution in [3.05, 3.63) is 58.1 Å². The minimum atomic E-state index is 0.299. The lowest BCUT2D eigenvalue weighted by Crippen LogP contribution is -2.01. The predicted octanol–water partition coefficient (Wildman–Crippen LogP) is 3.74. The largest absolute Gasteiger partial charge is 0.497 e. The molecule has 152 valence electrons. The summed E-state index contributed by atoms with van der Waals surface area (Å²) in [7, 11) is 4.83. The Kier molecular flexibility index (Phi) is 6.50. The highest BCUT2D eigenvalue weighted by Crippen LogP contribution is 2.30. The first kappa shape index (κ1) is 20.4. The second-order valence-electron chi connectivity index (χ2n) is 6.01. The lowest BCUT2D eigenvalue weighted by Gasteiger charge is -2.14. The molecule has 0 saturated carbocycles. The van der Waals surface area contributed by atoms with Gasteiger partial charge in [-0.3, -0.25) is 5.10 Å². The summed E-state index contributed by atoms with van der Waals surface area (Å²) in [5.74, 6) is 3.32. The van der Waals surface area contributed by atoms with Crippen LogP contribution in [0.15, 0.2) is 41.5 Å². The highest BCUT2D eigenvalue weighted by atomic mass is 32.1. The van der Waals surface area contributed by atoms with Crippen LogP contribution >= 0.6 is 12.2 Å². The van der Waals surface area contributed by atoms with Crippen molar-refractivity contribution in [3.8, 4) is 23.0 Å². The molecule has 1 aromatic heterocycles. The van der Waals surface area contributed by atoms with Crippen LogP contribution in [0.4, 0.5) is 0 Å². The van der Waals surface area contributed by atoms with Gasteiger partial charge in [0, 0.05) is 5.56 Å². The van der Waals surface area contributed by atoms with Gasteiger partial charge in [0.2, 0.25) is 4.77 Å². The van der Waals surface area contributed by atoms with Crippen LogP contribution in [0.2, 0.25) is 0 Å². The SMILES string of the molecule is COc1ccc(OC)c(COc2ccc(/C=N\n3c(C)n[nH]c3=S)cc2OC)c1. The molecule has 0 spiro atoms. The maximum atomic E-state index is 5.96. The van der Waals surface area contributed by atoms with Gasteiger partial charge in [0.25, 0.3) is 0 Å². The number of nitrogens with zero attached hydrogens (tertiary/aromatic N) is 3. The minimum Gasteiger partial charge on any atom is -0.497 e. The quantitative estimate of drug-likeness (QED) is 0.447. The maximum absolute atomic E-state index is 5.96. The topological polar surface area (TPSA) is 82.9 Å². The Labute approximate surface area is 173 Å². The van der Waals surface area contributed by atoms with Gasteiger partial charge >= 0.3 is 0 Å². The molecule has 0 amide bonds. The normalized spacial score (nSPS) is 10.9. The Hall–Kier alpha value is -3.33. The Morgan fingerprint density at radius 1 is 1.03 bits per heavy atom. The zero-order valence-electron chi connectivity index (χ0n) is 16.6. The molecule has 0 unspecified atom stereocenters. The van der Waals surface area contributed by atoms with Crippen LogP contribution in [-0.2, 0) is 6.61 Å². The molecular formula is C20H22N4O4S. The van der Waals surface area contributed by atoms with Crippen molar-refractivity contribution in [1.29, 1.82) is 0 Å². The van der Waals surface area contributed by atoms with Crippen molar-refractivity contribution in [2.24, 2.45) is 5.10 Å². The van der Waals surface area contributed by atoms with Crippen molar-refractivity contribution >= 4 is 18.4 Å². The molecule has 0 fully saturated rings. The second kappa shape index (κ2) is 9.24. The summed E-state index contributed by atoms with van der Waals surface area (Å²) in [6.45, 7) is 2.11. The van der Waals surface area contributed by atoms with Crippen LogP contribution in [0.25, 0.3) is 0 Å². The number of nitrogens with one attached hydrogen (secondary N) is 1. The predicted molar refractivity (Wildman–Crippen MR) is 112 cm³/mol. The first-order chi connectivity index (χ1) is 14.0. The molecule has 0 saturated heterocycles. The lowest BCUT2D eigenvalue weighted by atomic mass is 10.2. The average molecular weight is 414 g/mol. The summed E-state index contributed by atoms with van der Waals surface area (Å²) in [6, 6.07) is 11.1. The molecular weight excluding hydrogens is 392 g/mol. The zero-order valence-corrected chi connectivity index (χ0v) is 17.4. The molecule has 8 nitrogen and oxygen atoms in total. The number of hydrogen-bond acceptors (Lipinski definition) is 7. The van der Waals surface area contributed by atoms with E-state index < -0.39 is 0 Å². The fraction of sp³-hybridized carbons (Fsp3) is 0.250. The molecule has 0 radical (unpaired) electrons. The summed E-state index contributed by atoms with van der Waals surface area (Å²) in [6.07, 6.45) is 1.68. The molecule has 0 aliphatic rings. The highest BCUT2D eigenvalue weighted by Gasteiger charge is 2.10. The molecule has 0 aliphatic carbocycles. The molecule has 29 heavy (non-hydrogen) atoms. The van der Waals surface area contributed by atoms with Crippen molar-refractivity contribution < 1.29 is 18.9 Å². The Balaban J connectivity index is 1.78. The van der Waals surface area contributed by atoms with Gasteiger partial charge in [0.15, 0.2) is 11.5 Å². The third-order valence-electron chi connectivity index (χ3n) is 4.19. The summed E-state index contributed by atoms with van der Waals surface area (Å²) < 4.78 is 24.1. The molecule has 1 heterocycles. The molecule has 3 rings (SSSR count). The van der Waals surface area contributed by atoms with E-state index in [1.54, 1.807) is 32.2 Å². The van der Waals surface area contributed by atoms with Crippen LogP contribution in [0.1, 0.15) is 17.0 Å². The standard InChI is InChI=1S/C20H22N4O4S/c1-13-22-23-20(29)24(13)21-11-14-5-7-18(19(9-14)27-4)28-12-15-10-16(25-2)6-8-17(15)26-3/h5-11H,12H2,1-4H3,(H,23,29)/b21-11-. The van der Waals surface area contributed by atoms with Gasteiger partial charge in [-0.05, 0) is 61.1 Å². The Bertz CT molecular complexity index is 1070. The van der Waals surface area contributed by atoms with Gasteiger partial charge in [-0.15, -0.1) is 0 Å². The summed E-state index contributed by atoms with van der Waals surface area (Å²) in [5, 5.41) is 11.1. The number of ether oxygens (including phenoxy) is 4. The van der Waals surface area contributed by atoms with E-state index >= 15 is 0 Å². The van der Waals surface area contributed by atoms with Gasteiger partial charge < -0.3 is 18.9 Å². The van der Waals surface area contributed by atoms with Gasteiger partial charge in [-0.1, -0.05) is 0 Å². The van der Waals surface area contributed by atoms with E-state index in [-0.39, 0.29) is 0 Å². The van der Waals surface area contributed by atoms with E-state index in [1.165, 1.54) is 0 Å². The van der Waals surface area contributed by atoms with Gasteiger partial charge in [-0.2, -0.15) is 14.9 Å². The smallest absolute Gasteiger partial charge is 0.216 e. The fourth-order valence-electron chi connectivity index (χ4n) is 2.66. The van der Waals surface area contributed by atoms with Crippen LogP contribution in [-0.4, -0.2) is 42.4 Å². The molecule has 0 atom stereocenters. The zero-order chi connectivity index (χ0) is 20.8. The van der Waals surface area contributed by atoms with Crippen LogP contribution in [0.3, 0.4) is 0 Å². The molecule has 2 aromatic carbocycles. The fourth-order valence-corrected chi connectivity index (χ4v) is 2.89. The summed E-state index contributed by atoms with van der Waals surface area (Å²) >= 11 is 5.14. The second-order valence-corrected chi connectivity index (χ2v) is 6.40. The third kappa shape index (κ3) is 4.75. The average Bonchev–Trinajstić information content (AvgIpc) is 3.07. The first-order valence-electron chi connectivity index (χ1n) is 8.75. The van der Waals surface area contributed by atoms with Crippen LogP contribution < -0.4 is 18.9 Å². The van der Waals surface area contributed by atoms with E-state index in [1.807, 2.05) is 43.3 Å². The number of hydrogen-bond donors (Lipinski definition) is 1. The maximum Gasteiger partial charge on any atom is 0.216 e. The molecule has 0 aliphatic heterocycles. The van der Waals surface area contributed by atoms with Crippen LogP contribution in [0, 0.1) is 11.7 Å². The number of rotatable bonds is 8. The number of aromatic amines is 1. The molecule has 0 bridgehead atoms. The highest BCUT2D eigenvalue weighted by molar-refractivity contribution is 7.71. The lowest BCUT2D eigenvalue weighted by molar-refractivity contribution is 0.277. The van der Waals surface area contributed by atoms with Crippen LogP contribution in [0.5, 0.6) is 23.0 Å². The summed E-state index contributed by atoms with van der Waals surface area (Å²) in [5.41, 5.74) is 1.69. The van der Waals surface area contributed by atoms with Gasteiger partial charge in [-0.25, -0.2) is 0 Å². The molecule has 3 aromatic rings. The third-order valence-corrected chi connectivity index (χ3v) is 4.46. The van der Waals surface area contributed by atoms with Crippen molar-refractivity contribution in [2.45, 2.75) is 13.5 Å². The van der Waals surface area contributed by atoms with Crippen molar-refractivity contribution in [2.75, 3.05) is 21.3 Å². The molecule has 9 heteroatoms. The number of aromatic nitrogens is 3. The number of methoxy groups -OCH3 is 3. The van der Waals surface area contributed by atoms with Crippen molar-refractivity contribution in [3.63, 3.8) is 0 Å². The number of aryl methyl sites for hydroxylation is 1. The Morgan fingerprint density at radius 2 is 1.79 bits per heavy atom. The van der Waals surface area contributed by atoms with E-state index in [0.717, 1.165) is 22.6 Å². The number of H-pyrrole nitrogens is 1. The van der Waals surface area contributed by atoms with E-state index in [0.29, 0.717) is 28.7 Å². The minimum absolute atomic E-state index is 0.299. The molecule has 1 N–H and O–H groups in total. The van der Waals surface area contributed by atoms with Gasteiger partial charge in [0.05, 0.1) is 27.5 Å². The van der Waals surface area contributed by atoms with E-state index in [2.05, 4.69) is 15.3 Å². The van der Waals surface area contributed by atoms with E-state index in [9.17, 15) is 0 Å². The number of benzene rings is 2.